The van der Waals surface area contributed by atoms with Gasteiger partial charge in [0.05, 0.1) is 12.7 Å². The van der Waals surface area contributed by atoms with Gasteiger partial charge < -0.3 is 14.8 Å². The summed E-state index contributed by atoms with van der Waals surface area (Å²) in [7, 11) is 1.37. The molecule has 0 aliphatic rings. The molecule has 0 aromatic heterocycles. The van der Waals surface area contributed by atoms with Crippen molar-refractivity contribution in [3.63, 3.8) is 0 Å². The standard InChI is InChI=1S/C18H20BrNO3/c1-12-5-4-6-13(2)17(12)23-10-9-20-16-8-7-14(19)11-15(16)18(21)22-3/h4-8,11,20H,9-10H2,1-3H3. The highest BCUT2D eigenvalue weighted by atomic mass is 79.9. The first kappa shape index (κ1) is 17.3. The molecule has 5 heteroatoms. The molecule has 0 saturated heterocycles. The number of aryl methyl sites for hydroxylation is 2. The third kappa shape index (κ3) is 4.48. The van der Waals surface area contributed by atoms with Crippen molar-refractivity contribution in [3.05, 3.63) is 57.6 Å². The van der Waals surface area contributed by atoms with Crippen molar-refractivity contribution in [2.24, 2.45) is 0 Å². The zero-order valence-electron chi connectivity index (χ0n) is 13.5. The van der Waals surface area contributed by atoms with Crippen LogP contribution >= 0.6 is 15.9 Å². The van der Waals surface area contributed by atoms with Crippen LogP contribution in [0.5, 0.6) is 5.75 Å². The van der Waals surface area contributed by atoms with Crippen molar-refractivity contribution in [1.29, 1.82) is 0 Å². The van der Waals surface area contributed by atoms with E-state index in [-0.39, 0.29) is 5.97 Å². The number of ether oxygens (including phenoxy) is 2. The summed E-state index contributed by atoms with van der Waals surface area (Å²) in [5.41, 5.74) is 3.45. The summed E-state index contributed by atoms with van der Waals surface area (Å²) in [6.45, 7) is 5.14. The van der Waals surface area contributed by atoms with E-state index in [0.29, 0.717) is 18.7 Å². The second kappa shape index (κ2) is 8.02. The summed E-state index contributed by atoms with van der Waals surface area (Å²) in [5.74, 6) is 0.544. The molecule has 1 N–H and O–H groups in total. The highest BCUT2D eigenvalue weighted by molar-refractivity contribution is 9.10. The molecular weight excluding hydrogens is 358 g/mol. The average molecular weight is 378 g/mol. The Kier molecular flexibility index (Phi) is 6.04. The third-order valence-electron chi connectivity index (χ3n) is 3.46. The Morgan fingerprint density at radius 3 is 2.52 bits per heavy atom. The van der Waals surface area contributed by atoms with Gasteiger partial charge in [0.2, 0.25) is 0 Å². The van der Waals surface area contributed by atoms with Crippen molar-refractivity contribution in [1.82, 2.24) is 0 Å². The Balaban J connectivity index is 1.98. The summed E-state index contributed by atoms with van der Waals surface area (Å²) in [6.07, 6.45) is 0. The Morgan fingerprint density at radius 1 is 1.17 bits per heavy atom. The number of esters is 1. The lowest BCUT2D eigenvalue weighted by molar-refractivity contribution is 0.0601. The first-order valence-corrected chi connectivity index (χ1v) is 8.13. The van der Waals surface area contributed by atoms with Crippen LogP contribution in [0.25, 0.3) is 0 Å². The van der Waals surface area contributed by atoms with Crippen LogP contribution in [0.1, 0.15) is 21.5 Å². The smallest absolute Gasteiger partial charge is 0.340 e. The number of benzene rings is 2. The number of carbonyl (C=O) groups excluding carboxylic acids is 1. The van der Waals surface area contributed by atoms with Crippen LogP contribution < -0.4 is 10.1 Å². The molecule has 0 bridgehead atoms. The van der Waals surface area contributed by atoms with Crippen molar-refractivity contribution >= 4 is 27.6 Å². The van der Waals surface area contributed by atoms with Crippen LogP contribution in [0.3, 0.4) is 0 Å². The molecule has 4 nitrogen and oxygen atoms in total. The Hall–Kier alpha value is -2.01. The van der Waals surface area contributed by atoms with Gasteiger partial charge in [-0.25, -0.2) is 4.79 Å². The maximum absolute atomic E-state index is 11.8. The van der Waals surface area contributed by atoms with Crippen LogP contribution in [0.15, 0.2) is 40.9 Å². The molecule has 0 amide bonds. The van der Waals surface area contributed by atoms with Gasteiger partial charge in [-0.3, -0.25) is 0 Å². The Labute approximate surface area is 144 Å². The van der Waals surface area contributed by atoms with E-state index in [1.807, 2.05) is 44.2 Å². The normalized spacial score (nSPS) is 10.3. The lowest BCUT2D eigenvalue weighted by Gasteiger charge is -2.14. The van der Waals surface area contributed by atoms with E-state index >= 15 is 0 Å². The maximum atomic E-state index is 11.8. The predicted molar refractivity (Wildman–Crippen MR) is 95.4 cm³/mol. The molecule has 0 spiro atoms. The van der Waals surface area contributed by atoms with E-state index < -0.39 is 0 Å². The molecule has 0 fully saturated rings. The van der Waals surface area contributed by atoms with Crippen molar-refractivity contribution in [2.75, 3.05) is 25.6 Å². The van der Waals surface area contributed by atoms with Crippen LogP contribution in [-0.2, 0) is 4.74 Å². The first-order chi connectivity index (χ1) is 11.0. The molecule has 0 unspecified atom stereocenters. The molecule has 2 aromatic carbocycles. The summed E-state index contributed by atoms with van der Waals surface area (Å²) in [4.78, 5) is 11.8. The summed E-state index contributed by atoms with van der Waals surface area (Å²) in [5, 5.41) is 3.22. The average Bonchev–Trinajstić information content (AvgIpc) is 2.54. The quantitative estimate of drug-likeness (QED) is 0.600. The van der Waals surface area contributed by atoms with Gasteiger partial charge >= 0.3 is 5.97 Å². The monoisotopic (exact) mass is 377 g/mol. The summed E-state index contributed by atoms with van der Waals surface area (Å²) in [6, 6.07) is 11.5. The van der Waals surface area contributed by atoms with E-state index in [1.165, 1.54) is 7.11 Å². The minimum Gasteiger partial charge on any atom is -0.491 e. The fourth-order valence-electron chi connectivity index (χ4n) is 2.32. The topological polar surface area (TPSA) is 47.6 Å². The lowest BCUT2D eigenvalue weighted by atomic mass is 10.1. The maximum Gasteiger partial charge on any atom is 0.340 e. The van der Waals surface area contributed by atoms with Crippen molar-refractivity contribution in [3.8, 4) is 5.75 Å². The van der Waals surface area contributed by atoms with Gasteiger partial charge in [-0.1, -0.05) is 34.1 Å². The van der Waals surface area contributed by atoms with Crippen molar-refractivity contribution in [2.45, 2.75) is 13.8 Å². The number of hydrogen-bond donors (Lipinski definition) is 1. The molecule has 0 radical (unpaired) electrons. The number of anilines is 1. The number of nitrogens with one attached hydrogen (secondary N) is 1. The Morgan fingerprint density at radius 2 is 1.87 bits per heavy atom. The second-order valence-corrected chi connectivity index (χ2v) is 6.09. The number of hydrogen-bond acceptors (Lipinski definition) is 4. The Bertz CT molecular complexity index is 680. The predicted octanol–water partition coefficient (Wildman–Crippen LogP) is 4.34. The molecule has 0 heterocycles. The molecule has 0 atom stereocenters. The summed E-state index contributed by atoms with van der Waals surface area (Å²) < 4.78 is 11.5. The number of carbonyl (C=O) groups is 1. The molecular formula is C18H20BrNO3. The SMILES string of the molecule is COC(=O)c1cc(Br)ccc1NCCOc1c(C)cccc1C. The number of para-hydroxylation sites is 1. The van der Waals surface area contributed by atoms with Crippen LogP contribution in [0.4, 0.5) is 5.69 Å². The van der Waals surface area contributed by atoms with Gasteiger partial charge in [0, 0.05) is 16.7 Å². The first-order valence-electron chi connectivity index (χ1n) is 7.33. The van der Waals surface area contributed by atoms with E-state index in [2.05, 4.69) is 21.2 Å². The van der Waals surface area contributed by atoms with Gasteiger partial charge in [-0.15, -0.1) is 0 Å². The van der Waals surface area contributed by atoms with E-state index in [0.717, 1.165) is 27.0 Å². The number of halogens is 1. The van der Waals surface area contributed by atoms with Gasteiger partial charge in [-0.05, 0) is 43.2 Å². The third-order valence-corrected chi connectivity index (χ3v) is 3.95. The van der Waals surface area contributed by atoms with E-state index in [4.69, 9.17) is 9.47 Å². The van der Waals surface area contributed by atoms with Gasteiger partial charge in [0.25, 0.3) is 0 Å². The summed E-state index contributed by atoms with van der Waals surface area (Å²) >= 11 is 3.36. The molecule has 122 valence electrons. The minimum atomic E-state index is -0.371. The highest BCUT2D eigenvalue weighted by Crippen LogP contribution is 2.23. The number of methoxy groups -OCH3 is 1. The van der Waals surface area contributed by atoms with Crippen LogP contribution in [0, 0.1) is 13.8 Å². The fraction of sp³-hybridized carbons (Fsp3) is 0.278. The molecule has 0 saturated carbocycles. The molecule has 2 rings (SSSR count). The van der Waals surface area contributed by atoms with Crippen LogP contribution in [-0.4, -0.2) is 26.2 Å². The van der Waals surface area contributed by atoms with Gasteiger partial charge in [0.1, 0.15) is 12.4 Å². The highest BCUT2D eigenvalue weighted by Gasteiger charge is 2.12. The van der Waals surface area contributed by atoms with E-state index in [1.54, 1.807) is 6.07 Å². The van der Waals surface area contributed by atoms with E-state index in [9.17, 15) is 4.79 Å². The molecule has 0 aliphatic carbocycles. The van der Waals surface area contributed by atoms with Crippen molar-refractivity contribution < 1.29 is 14.3 Å². The fourth-order valence-corrected chi connectivity index (χ4v) is 2.68. The molecule has 23 heavy (non-hydrogen) atoms. The molecule has 0 aliphatic heterocycles. The zero-order chi connectivity index (χ0) is 16.8. The lowest BCUT2D eigenvalue weighted by Crippen LogP contribution is -2.15. The minimum absolute atomic E-state index is 0.371. The number of rotatable bonds is 6. The van der Waals surface area contributed by atoms with Crippen LogP contribution in [0.2, 0.25) is 0 Å². The largest absolute Gasteiger partial charge is 0.491 e. The second-order valence-electron chi connectivity index (χ2n) is 5.18. The molecule has 2 aromatic rings. The van der Waals surface area contributed by atoms with Gasteiger partial charge in [0.15, 0.2) is 0 Å². The zero-order valence-corrected chi connectivity index (χ0v) is 15.1. The van der Waals surface area contributed by atoms with Gasteiger partial charge in [-0.2, -0.15) is 0 Å².